The van der Waals surface area contributed by atoms with Crippen molar-refractivity contribution in [3.63, 3.8) is 0 Å². The number of carbonyl (C=O) groups excluding carboxylic acids is 1. The Morgan fingerprint density at radius 1 is 1.38 bits per heavy atom. The van der Waals surface area contributed by atoms with E-state index < -0.39 is 22.1 Å². The summed E-state index contributed by atoms with van der Waals surface area (Å²) in [6, 6.07) is 2.82. The quantitative estimate of drug-likeness (QED) is 0.649. The van der Waals surface area contributed by atoms with Crippen LogP contribution in [-0.2, 0) is 14.8 Å². The van der Waals surface area contributed by atoms with E-state index in [9.17, 15) is 22.0 Å². The van der Waals surface area contributed by atoms with Crippen LogP contribution >= 0.6 is 0 Å². The molecule has 0 aromatic carbocycles. The average molecular weight is 432 g/mol. The third-order valence-electron chi connectivity index (χ3n) is 5.12. The van der Waals surface area contributed by atoms with Crippen molar-refractivity contribution >= 4 is 15.9 Å². The maximum Gasteiger partial charge on any atom is 0.244 e. The number of ether oxygens (including phenoxy) is 1. The Balaban J connectivity index is 2.00. The van der Waals surface area contributed by atoms with E-state index in [0.717, 1.165) is 0 Å². The van der Waals surface area contributed by atoms with Crippen LogP contribution in [-0.4, -0.2) is 56.5 Å². The second-order valence-corrected chi connectivity index (χ2v) is 9.09. The molecule has 1 aliphatic rings. The molecule has 1 amide bonds. The highest BCUT2D eigenvalue weighted by Gasteiger charge is 2.40. The zero-order chi connectivity index (χ0) is 21.5. The fraction of sp³-hybridized carbons (Fsp3) is 0.579. The lowest BCUT2D eigenvalue weighted by molar-refractivity contribution is -0.132. The molecule has 2 rings (SSSR count). The maximum absolute atomic E-state index is 12.8. The van der Waals surface area contributed by atoms with Crippen LogP contribution in [0.3, 0.4) is 0 Å². The molecule has 0 bridgehead atoms. The number of pyridine rings is 1. The molecule has 1 saturated heterocycles. The van der Waals surface area contributed by atoms with Crippen molar-refractivity contribution in [3.8, 4) is 5.88 Å². The lowest BCUT2D eigenvalue weighted by Gasteiger charge is -2.37. The Morgan fingerprint density at radius 3 is 2.59 bits per heavy atom. The summed E-state index contributed by atoms with van der Waals surface area (Å²) < 4.78 is 57.2. The fourth-order valence-electron chi connectivity index (χ4n) is 2.95. The predicted molar refractivity (Wildman–Crippen MR) is 104 cm³/mol. The first-order valence-electron chi connectivity index (χ1n) is 9.48. The molecule has 0 spiro atoms. The number of hydrogen-bond acceptors (Lipinski definition) is 5. The van der Waals surface area contributed by atoms with E-state index in [1.165, 1.54) is 22.6 Å². The summed E-state index contributed by atoms with van der Waals surface area (Å²) in [6.07, 6.45) is 2.88. The number of carbonyl (C=O) groups is 1. The van der Waals surface area contributed by atoms with E-state index in [-0.39, 0.29) is 42.9 Å². The number of rotatable bonds is 9. The van der Waals surface area contributed by atoms with Gasteiger partial charge in [0.25, 0.3) is 0 Å². The molecule has 1 aromatic heterocycles. The Morgan fingerprint density at radius 2 is 2.07 bits per heavy atom. The summed E-state index contributed by atoms with van der Waals surface area (Å²) in [5.74, 6) is -0.0587. The van der Waals surface area contributed by atoms with Gasteiger partial charge in [0.15, 0.2) is 0 Å². The van der Waals surface area contributed by atoms with Gasteiger partial charge in [-0.25, -0.2) is 22.2 Å². The number of amides is 1. The van der Waals surface area contributed by atoms with Crippen molar-refractivity contribution in [2.75, 3.05) is 32.9 Å². The van der Waals surface area contributed by atoms with Gasteiger partial charge in [0, 0.05) is 31.1 Å². The fourth-order valence-corrected chi connectivity index (χ4v) is 4.34. The lowest BCUT2D eigenvalue weighted by Crippen LogP contribution is -2.49. The van der Waals surface area contributed by atoms with Crippen LogP contribution in [0.4, 0.5) is 8.78 Å². The number of sulfonamides is 1. The van der Waals surface area contributed by atoms with Crippen molar-refractivity contribution in [1.29, 1.82) is 0 Å². The molecule has 0 unspecified atom stereocenters. The number of halogens is 2. The standard InChI is InChI=1S/C19H27F2N3O4S/c1-3-15(12-21)14-28-17-5-4-16(13-23-17)29(26,27)24-10-6-19(2,7-11-24)18(25)22-9-8-20/h4-5,12-13H,3,6-11,14H2,1-2H3,(H,22,25)/b15-12-. The van der Waals surface area contributed by atoms with E-state index in [0.29, 0.717) is 31.2 Å². The van der Waals surface area contributed by atoms with Gasteiger partial charge in [0.1, 0.15) is 18.2 Å². The predicted octanol–water partition coefficient (Wildman–Crippen LogP) is 2.60. The highest BCUT2D eigenvalue weighted by molar-refractivity contribution is 7.89. The highest BCUT2D eigenvalue weighted by atomic mass is 32.2. The number of nitrogens with one attached hydrogen (secondary N) is 1. The van der Waals surface area contributed by atoms with Gasteiger partial charge in [-0.15, -0.1) is 0 Å². The molecule has 0 aliphatic carbocycles. The molecule has 1 N–H and O–H groups in total. The van der Waals surface area contributed by atoms with Gasteiger partial charge in [-0.05, 0) is 30.9 Å². The van der Waals surface area contributed by atoms with Crippen LogP contribution in [0, 0.1) is 5.41 Å². The molecule has 162 valence electrons. The van der Waals surface area contributed by atoms with E-state index >= 15 is 0 Å². The van der Waals surface area contributed by atoms with E-state index in [1.807, 2.05) is 0 Å². The summed E-state index contributed by atoms with van der Waals surface area (Å²) in [5, 5.41) is 2.53. The SMILES string of the molecule is CC/C(=C/F)COc1ccc(S(=O)(=O)N2CCC(C)(C(=O)NCCF)CC2)cn1. The van der Waals surface area contributed by atoms with Crippen LogP contribution in [0.2, 0.25) is 0 Å². The molecule has 0 radical (unpaired) electrons. The minimum Gasteiger partial charge on any atom is -0.473 e. The maximum atomic E-state index is 12.8. The van der Waals surface area contributed by atoms with E-state index in [1.54, 1.807) is 13.8 Å². The minimum absolute atomic E-state index is 0.0204. The summed E-state index contributed by atoms with van der Waals surface area (Å²) in [6.45, 7) is 3.28. The van der Waals surface area contributed by atoms with Gasteiger partial charge in [-0.2, -0.15) is 4.31 Å². The van der Waals surface area contributed by atoms with Crippen LogP contribution in [0.5, 0.6) is 5.88 Å². The average Bonchev–Trinajstić information content (AvgIpc) is 2.73. The zero-order valence-corrected chi connectivity index (χ0v) is 17.5. The number of nitrogens with zero attached hydrogens (tertiary/aromatic N) is 2. The summed E-state index contributed by atoms with van der Waals surface area (Å²) in [4.78, 5) is 16.2. The van der Waals surface area contributed by atoms with Gasteiger partial charge in [0.2, 0.25) is 21.8 Å². The van der Waals surface area contributed by atoms with Crippen LogP contribution in [0.25, 0.3) is 0 Å². The first-order chi connectivity index (χ1) is 13.8. The van der Waals surface area contributed by atoms with E-state index in [4.69, 9.17) is 4.74 Å². The van der Waals surface area contributed by atoms with E-state index in [2.05, 4.69) is 10.3 Å². The molecule has 1 aromatic rings. The number of aromatic nitrogens is 1. The molecule has 7 nitrogen and oxygen atoms in total. The Kier molecular flexibility index (Phi) is 8.09. The topological polar surface area (TPSA) is 88.6 Å². The smallest absolute Gasteiger partial charge is 0.244 e. The number of alkyl halides is 1. The first kappa shape index (κ1) is 23.2. The number of hydrogen-bond donors (Lipinski definition) is 1. The van der Waals surface area contributed by atoms with Crippen molar-refractivity contribution in [1.82, 2.24) is 14.6 Å². The Hall–Kier alpha value is -2.07. The normalized spacial score (nSPS) is 17.7. The monoisotopic (exact) mass is 431 g/mol. The lowest BCUT2D eigenvalue weighted by atomic mass is 9.80. The van der Waals surface area contributed by atoms with Gasteiger partial charge in [-0.1, -0.05) is 13.8 Å². The van der Waals surface area contributed by atoms with Crippen molar-refractivity contribution in [2.24, 2.45) is 5.41 Å². The molecule has 0 atom stereocenters. The molecule has 10 heteroatoms. The molecule has 2 heterocycles. The largest absolute Gasteiger partial charge is 0.473 e. The van der Waals surface area contributed by atoms with Crippen molar-refractivity contribution in [3.05, 3.63) is 30.2 Å². The minimum atomic E-state index is -3.76. The molecular formula is C19H27F2N3O4S. The second kappa shape index (κ2) is 10.1. The van der Waals surface area contributed by atoms with Crippen LogP contribution < -0.4 is 10.1 Å². The summed E-state index contributed by atoms with van der Waals surface area (Å²) in [5.41, 5.74) is -0.256. The summed E-state index contributed by atoms with van der Waals surface area (Å²) >= 11 is 0. The van der Waals surface area contributed by atoms with Crippen molar-refractivity contribution in [2.45, 2.75) is 38.0 Å². The third kappa shape index (κ3) is 5.72. The highest BCUT2D eigenvalue weighted by Crippen LogP contribution is 2.33. The van der Waals surface area contributed by atoms with Gasteiger partial charge < -0.3 is 10.1 Å². The third-order valence-corrected chi connectivity index (χ3v) is 7.00. The number of piperidine rings is 1. The van der Waals surface area contributed by atoms with Crippen LogP contribution in [0.15, 0.2) is 35.1 Å². The summed E-state index contributed by atoms with van der Waals surface area (Å²) in [7, 11) is -3.76. The van der Waals surface area contributed by atoms with Gasteiger partial charge in [0.05, 0.1) is 12.5 Å². The van der Waals surface area contributed by atoms with Gasteiger partial charge >= 0.3 is 0 Å². The first-order valence-corrected chi connectivity index (χ1v) is 10.9. The molecule has 1 aliphatic heterocycles. The molecular weight excluding hydrogens is 404 g/mol. The Bertz CT molecular complexity index is 820. The zero-order valence-electron chi connectivity index (χ0n) is 16.7. The second-order valence-electron chi connectivity index (χ2n) is 7.15. The molecule has 0 saturated carbocycles. The van der Waals surface area contributed by atoms with Gasteiger partial charge in [-0.3, -0.25) is 4.79 Å². The van der Waals surface area contributed by atoms with Crippen LogP contribution in [0.1, 0.15) is 33.1 Å². The Labute approximate surface area is 170 Å². The molecule has 29 heavy (non-hydrogen) atoms. The molecule has 1 fully saturated rings. The van der Waals surface area contributed by atoms with Crippen molar-refractivity contribution < 1.29 is 26.7 Å².